The van der Waals surface area contributed by atoms with Crippen molar-refractivity contribution in [3.05, 3.63) is 94.1 Å². The third-order valence-electron chi connectivity index (χ3n) is 14.6. The van der Waals surface area contributed by atoms with E-state index in [2.05, 4.69) is 117 Å². The van der Waals surface area contributed by atoms with Gasteiger partial charge in [0.2, 0.25) is 0 Å². The third kappa shape index (κ3) is 33.3. The number of benzene rings is 3. The van der Waals surface area contributed by atoms with Crippen molar-refractivity contribution in [2.45, 2.75) is 299 Å². The minimum Gasteiger partial charge on any atom is -0.873 e. The molecule has 0 bridgehead atoms. The second-order valence-electron chi connectivity index (χ2n) is 22.8. The van der Waals surface area contributed by atoms with Gasteiger partial charge in [-0.3, -0.25) is 4.99 Å². The molecule has 74 heavy (non-hydrogen) atoms. The molecule has 0 aromatic heterocycles. The van der Waals surface area contributed by atoms with Gasteiger partial charge in [0.15, 0.2) is 0 Å². The van der Waals surface area contributed by atoms with E-state index >= 15 is 0 Å². The zero-order chi connectivity index (χ0) is 53.4. The van der Waals surface area contributed by atoms with Crippen molar-refractivity contribution in [3.8, 4) is 11.5 Å². The summed E-state index contributed by atoms with van der Waals surface area (Å²) in [5, 5.41) is 22.9. The number of aryl methyl sites for hydroxylation is 5. The topological polar surface area (TPSA) is 70.8 Å². The van der Waals surface area contributed by atoms with Crippen LogP contribution in [0.25, 0.3) is 0 Å². The molecule has 0 amide bonds. The van der Waals surface area contributed by atoms with Crippen molar-refractivity contribution >= 4 is 30.9 Å². The van der Waals surface area contributed by atoms with Crippen LogP contribution < -0.4 is 10.2 Å². The molecule has 0 aliphatic rings. The van der Waals surface area contributed by atoms with Gasteiger partial charge in [-0.05, 0) is 134 Å². The van der Waals surface area contributed by atoms with Crippen LogP contribution in [0.1, 0.15) is 274 Å². The van der Waals surface area contributed by atoms with Gasteiger partial charge in [-0.25, -0.2) is 4.99 Å². The van der Waals surface area contributed by atoms with Gasteiger partial charge in [0, 0.05) is 8.07 Å². The molecule has 3 aromatic carbocycles. The van der Waals surface area contributed by atoms with Gasteiger partial charge in [-0.1, -0.05) is 259 Å². The molecule has 0 heterocycles. The summed E-state index contributed by atoms with van der Waals surface area (Å²) in [6.45, 7) is 22.6. The van der Waals surface area contributed by atoms with Crippen molar-refractivity contribution in [1.82, 2.24) is 0 Å². The zero-order valence-corrected chi connectivity index (χ0v) is 51.7. The van der Waals surface area contributed by atoms with Crippen LogP contribution in [0.4, 0.5) is 11.4 Å². The van der Waals surface area contributed by atoms with Crippen LogP contribution in [0.3, 0.4) is 0 Å². The molecule has 6 heteroatoms. The Balaban J connectivity index is 0.00000128. The molecule has 420 valence electrons. The predicted molar refractivity (Wildman–Crippen MR) is 325 cm³/mol. The van der Waals surface area contributed by atoms with Crippen LogP contribution in [-0.4, -0.2) is 19.5 Å². The SMILES string of the molecule is CCCCCCCCCCCCCCCCCCCCCCC=CC(=Nc1cc(CC)cc(CC)c1)C(CCCCCCCC)=Nc1cc(CC)cc(CC)c1.CCCCc1cc([O-])c([O-])cc1C[Si](C)(C)C.[Ni+2]. The second kappa shape index (κ2) is 44.1. The standard InChI is InChI=1S/C54H90N2.C14H24O2Si.Ni/c1-7-13-15-17-19-20-21-22-23-24-25-26-27-28-29-30-31-32-33-34-36-38-40-54(56-52-45-49(11-5)42-50(12-6)46-52)53(39-37-35-18-16-14-8-2)55-51-43-47(9-3)41-48(10-4)44-51;1-5-6-7-11-8-13(15)14(16)9-12(11)10-17(2,3)4;/h38,40-46H,7-37,39H2,1-6H3;8-9,15-16H,5-7,10H2,1-4H3;/q;;+2/p-2. The van der Waals surface area contributed by atoms with Gasteiger partial charge >= 0.3 is 16.5 Å². The molecule has 0 aliphatic heterocycles. The first-order chi connectivity index (χ1) is 35.4. The summed E-state index contributed by atoms with van der Waals surface area (Å²) in [7, 11) is -1.25. The summed E-state index contributed by atoms with van der Waals surface area (Å²) in [6, 6.07) is 18.0. The summed E-state index contributed by atoms with van der Waals surface area (Å²) in [5.41, 5.74) is 12.1. The second-order valence-corrected chi connectivity index (χ2v) is 28.3. The Morgan fingerprint density at radius 1 is 0.419 bits per heavy atom. The van der Waals surface area contributed by atoms with Crippen LogP contribution >= 0.6 is 0 Å². The molecule has 0 radical (unpaired) electrons. The molecule has 3 rings (SSSR count). The maximum Gasteiger partial charge on any atom is 2.00 e. The van der Waals surface area contributed by atoms with Gasteiger partial charge < -0.3 is 10.2 Å². The van der Waals surface area contributed by atoms with E-state index in [1.807, 2.05) is 0 Å². The Kier molecular flexibility index (Phi) is 41.1. The number of unbranched alkanes of at least 4 members (excludes halogenated alkanes) is 26. The fourth-order valence-electron chi connectivity index (χ4n) is 9.93. The summed E-state index contributed by atoms with van der Waals surface area (Å²) in [6.07, 6.45) is 50.2. The minimum atomic E-state index is -1.25. The van der Waals surface area contributed by atoms with E-state index in [0.29, 0.717) is 0 Å². The van der Waals surface area contributed by atoms with Gasteiger partial charge in [0.05, 0.1) is 22.8 Å². The predicted octanol–water partition coefficient (Wildman–Crippen LogP) is 20.9. The molecule has 0 fully saturated rings. The summed E-state index contributed by atoms with van der Waals surface area (Å²) >= 11 is 0. The van der Waals surface area contributed by atoms with Crippen molar-refractivity contribution in [3.63, 3.8) is 0 Å². The van der Waals surface area contributed by atoms with E-state index in [9.17, 15) is 10.2 Å². The monoisotopic (exact) mass is 1070 g/mol. The van der Waals surface area contributed by atoms with Crippen LogP contribution in [0.15, 0.2) is 70.7 Å². The van der Waals surface area contributed by atoms with E-state index in [1.165, 1.54) is 183 Å². The molecule has 0 N–H and O–H groups in total. The number of nitrogens with zero attached hydrogens (tertiary/aromatic N) is 2. The first-order valence-electron chi connectivity index (χ1n) is 31.0. The molecule has 4 nitrogen and oxygen atoms in total. The summed E-state index contributed by atoms with van der Waals surface area (Å²) in [4.78, 5) is 10.8. The van der Waals surface area contributed by atoms with Crippen molar-refractivity contribution in [1.29, 1.82) is 0 Å². The maximum absolute atomic E-state index is 11.5. The number of hydrogen-bond donors (Lipinski definition) is 0. The van der Waals surface area contributed by atoms with E-state index < -0.39 is 8.07 Å². The number of hydrogen-bond acceptors (Lipinski definition) is 4. The largest absolute Gasteiger partial charge is 2.00 e. The molecule has 0 saturated heterocycles. The Morgan fingerprint density at radius 3 is 1.15 bits per heavy atom. The molecule has 0 aliphatic carbocycles. The van der Waals surface area contributed by atoms with E-state index in [4.69, 9.17) is 9.98 Å². The van der Waals surface area contributed by atoms with Gasteiger partial charge in [-0.15, -0.1) is 11.5 Å². The molecule has 0 unspecified atom stereocenters. The zero-order valence-electron chi connectivity index (χ0n) is 49.8. The fourth-order valence-corrected chi connectivity index (χ4v) is 11.4. The average Bonchev–Trinajstić information content (AvgIpc) is 3.38. The Morgan fingerprint density at radius 2 is 0.770 bits per heavy atom. The quantitative estimate of drug-likeness (QED) is 0.0323. The molecular weight excluding hydrogens is 964 g/mol. The van der Waals surface area contributed by atoms with Crippen LogP contribution in [0.2, 0.25) is 19.6 Å². The Bertz CT molecular complexity index is 1920. The van der Waals surface area contributed by atoms with Gasteiger partial charge in [0.1, 0.15) is 0 Å². The number of rotatable bonds is 41. The minimum absolute atomic E-state index is 0. The van der Waals surface area contributed by atoms with Gasteiger partial charge in [0.25, 0.3) is 0 Å². The van der Waals surface area contributed by atoms with Crippen LogP contribution in [0.5, 0.6) is 11.5 Å². The first-order valence-corrected chi connectivity index (χ1v) is 34.7. The molecule has 0 atom stereocenters. The molecular formula is C68H112N2NiO2Si. The maximum atomic E-state index is 11.5. The van der Waals surface area contributed by atoms with E-state index in [1.54, 1.807) is 12.1 Å². The van der Waals surface area contributed by atoms with E-state index in [-0.39, 0.29) is 28.0 Å². The van der Waals surface area contributed by atoms with Crippen LogP contribution in [0, 0.1) is 0 Å². The smallest absolute Gasteiger partial charge is 0.873 e. The Hall–Kier alpha value is -2.95. The van der Waals surface area contributed by atoms with Crippen molar-refractivity contribution < 1.29 is 26.7 Å². The van der Waals surface area contributed by atoms with E-state index in [0.717, 1.165) is 104 Å². The normalized spacial score (nSPS) is 12.1. The molecule has 0 spiro atoms. The molecule has 0 saturated carbocycles. The van der Waals surface area contributed by atoms with Crippen molar-refractivity contribution in [2.24, 2.45) is 9.98 Å². The Labute approximate surface area is 469 Å². The van der Waals surface area contributed by atoms with Crippen LogP contribution in [-0.2, 0) is 54.6 Å². The summed E-state index contributed by atoms with van der Waals surface area (Å²) in [5.74, 6) is -0.700. The van der Waals surface area contributed by atoms with Gasteiger partial charge in [-0.2, -0.15) is 0 Å². The van der Waals surface area contributed by atoms with Crippen molar-refractivity contribution in [2.75, 3.05) is 0 Å². The first kappa shape index (κ1) is 69.1. The fraction of sp³-hybridized carbons (Fsp3) is 0.676. The molecule has 3 aromatic rings. The number of aliphatic imine (C=N–C) groups is 2. The third-order valence-corrected chi connectivity index (χ3v) is 16.0. The average molecular weight is 1080 g/mol. The number of allylic oxidation sites excluding steroid dienone is 2. The summed E-state index contributed by atoms with van der Waals surface area (Å²) < 4.78 is 0.